The van der Waals surface area contributed by atoms with Crippen LogP contribution in [0, 0.1) is 11.7 Å². The lowest BCUT2D eigenvalue weighted by atomic mass is 9.98. The van der Waals surface area contributed by atoms with Gasteiger partial charge in [-0.25, -0.2) is 17.1 Å². The maximum atomic E-state index is 13.4. The Morgan fingerprint density at radius 1 is 1.37 bits per heavy atom. The smallest absolute Gasteiger partial charge is 0.237 e. The second kappa shape index (κ2) is 9.61. The first kappa shape index (κ1) is 21.8. The molecule has 0 aromatic heterocycles. The van der Waals surface area contributed by atoms with Crippen molar-refractivity contribution >= 4 is 15.9 Å². The molecular formula is C19H30FN3O3S. The number of hydrogen-bond acceptors (Lipinski definition) is 4. The van der Waals surface area contributed by atoms with Crippen LogP contribution in [-0.4, -0.2) is 74.5 Å². The molecule has 2 rings (SSSR count). The third-order valence-electron chi connectivity index (χ3n) is 5.04. The van der Waals surface area contributed by atoms with Crippen molar-refractivity contribution in [2.75, 3.05) is 46.0 Å². The van der Waals surface area contributed by atoms with Gasteiger partial charge in [-0.2, -0.15) is 0 Å². The first-order valence-electron chi connectivity index (χ1n) is 9.35. The number of halogens is 1. The van der Waals surface area contributed by atoms with Crippen LogP contribution in [0.3, 0.4) is 0 Å². The molecule has 1 aliphatic rings. The van der Waals surface area contributed by atoms with Gasteiger partial charge in [0.05, 0.1) is 12.8 Å². The van der Waals surface area contributed by atoms with E-state index in [2.05, 4.69) is 4.90 Å². The fourth-order valence-corrected chi connectivity index (χ4v) is 3.95. The van der Waals surface area contributed by atoms with E-state index in [9.17, 15) is 17.6 Å². The maximum Gasteiger partial charge on any atom is 0.237 e. The largest absolute Gasteiger partial charge is 0.338 e. The predicted octanol–water partition coefficient (Wildman–Crippen LogP) is 1.78. The topological polar surface area (TPSA) is 60.9 Å². The van der Waals surface area contributed by atoms with Gasteiger partial charge in [0.2, 0.25) is 15.9 Å². The molecule has 1 atom stereocenters. The number of sulfonamides is 1. The van der Waals surface area contributed by atoms with E-state index >= 15 is 0 Å². The summed E-state index contributed by atoms with van der Waals surface area (Å²) in [6, 6.07) is 6.31. The molecule has 0 aliphatic carbocycles. The summed E-state index contributed by atoms with van der Waals surface area (Å²) in [4.78, 5) is 16.5. The number of carbonyl (C=O) groups is 1. The first-order chi connectivity index (χ1) is 12.7. The minimum Gasteiger partial charge on any atom is -0.338 e. The Bertz CT molecular complexity index is 741. The van der Waals surface area contributed by atoms with E-state index in [-0.39, 0.29) is 17.6 Å². The van der Waals surface area contributed by atoms with Gasteiger partial charge in [-0.1, -0.05) is 12.1 Å². The average molecular weight is 400 g/mol. The lowest BCUT2D eigenvalue weighted by Crippen LogP contribution is -2.46. The molecule has 1 saturated heterocycles. The molecule has 1 heterocycles. The second-order valence-corrected chi connectivity index (χ2v) is 9.41. The van der Waals surface area contributed by atoms with Gasteiger partial charge in [0.15, 0.2) is 0 Å². The van der Waals surface area contributed by atoms with Crippen molar-refractivity contribution < 1.29 is 17.6 Å². The Balaban J connectivity index is 1.91. The summed E-state index contributed by atoms with van der Waals surface area (Å²) >= 11 is 0. The van der Waals surface area contributed by atoms with Crippen molar-refractivity contribution in [3.63, 3.8) is 0 Å². The number of amides is 1. The van der Waals surface area contributed by atoms with E-state index in [4.69, 9.17) is 0 Å². The third kappa shape index (κ3) is 6.86. The highest BCUT2D eigenvalue weighted by Crippen LogP contribution is 2.18. The van der Waals surface area contributed by atoms with E-state index in [0.717, 1.165) is 24.9 Å². The standard InChI is InChI=1S/C19H30FN3O3S/c1-4-23(14-16-7-5-9-18(20)11-16)19(24)15-22-10-6-8-17(13-22)12-21(2)27(3,25)26/h5,7,9,11,17H,4,6,8,10,12-15H2,1-3H3. The van der Waals surface area contributed by atoms with Crippen LogP contribution in [0.4, 0.5) is 4.39 Å². The molecule has 1 fully saturated rings. The summed E-state index contributed by atoms with van der Waals surface area (Å²) in [7, 11) is -1.59. The zero-order valence-corrected chi connectivity index (χ0v) is 17.2. The van der Waals surface area contributed by atoms with Gasteiger partial charge in [-0.05, 0) is 49.9 Å². The van der Waals surface area contributed by atoms with Crippen LogP contribution in [0.2, 0.25) is 0 Å². The summed E-state index contributed by atoms with van der Waals surface area (Å²) in [6.45, 7) is 5.19. The highest BCUT2D eigenvalue weighted by molar-refractivity contribution is 7.88. The molecule has 1 aromatic rings. The van der Waals surface area contributed by atoms with Crippen molar-refractivity contribution in [1.29, 1.82) is 0 Å². The molecule has 1 aromatic carbocycles. The van der Waals surface area contributed by atoms with E-state index in [1.54, 1.807) is 18.0 Å². The highest BCUT2D eigenvalue weighted by Gasteiger charge is 2.26. The van der Waals surface area contributed by atoms with E-state index in [1.165, 1.54) is 22.7 Å². The number of hydrogen-bond donors (Lipinski definition) is 0. The predicted molar refractivity (Wildman–Crippen MR) is 104 cm³/mol. The van der Waals surface area contributed by atoms with Crippen LogP contribution in [0.5, 0.6) is 0 Å². The van der Waals surface area contributed by atoms with Crippen molar-refractivity contribution in [2.45, 2.75) is 26.3 Å². The molecule has 1 unspecified atom stereocenters. The number of carbonyl (C=O) groups excluding carboxylic acids is 1. The van der Waals surface area contributed by atoms with Crippen LogP contribution in [0.25, 0.3) is 0 Å². The molecule has 0 radical (unpaired) electrons. The minimum atomic E-state index is -3.19. The zero-order chi connectivity index (χ0) is 20.0. The Morgan fingerprint density at radius 2 is 2.11 bits per heavy atom. The fraction of sp³-hybridized carbons (Fsp3) is 0.632. The van der Waals surface area contributed by atoms with E-state index in [1.807, 2.05) is 13.0 Å². The first-order valence-corrected chi connectivity index (χ1v) is 11.2. The fourth-order valence-electron chi connectivity index (χ4n) is 3.47. The Labute approximate surface area is 162 Å². The van der Waals surface area contributed by atoms with Crippen LogP contribution in [0.1, 0.15) is 25.3 Å². The quantitative estimate of drug-likeness (QED) is 0.669. The van der Waals surface area contributed by atoms with Crippen LogP contribution < -0.4 is 0 Å². The minimum absolute atomic E-state index is 0.0129. The average Bonchev–Trinajstić information content (AvgIpc) is 2.59. The SMILES string of the molecule is CCN(Cc1cccc(F)c1)C(=O)CN1CCCC(CN(C)S(C)(=O)=O)C1. The van der Waals surface area contributed by atoms with Gasteiger partial charge < -0.3 is 4.90 Å². The number of likely N-dealkylation sites (tertiary alicyclic amines) is 1. The molecule has 1 aliphatic heterocycles. The maximum absolute atomic E-state index is 13.4. The van der Waals surface area contributed by atoms with Crippen LogP contribution >= 0.6 is 0 Å². The molecule has 27 heavy (non-hydrogen) atoms. The van der Waals surface area contributed by atoms with E-state index < -0.39 is 10.0 Å². The van der Waals surface area contributed by atoms with Crippen LogP contribution in [0.15, 0.2) is 24.3 Å². The van der Waals surface area contributed by atoms with Gasteiger partial charge >= 0.3 is 0 Å². The molecule has 0 N–H and O–H groups in total. The van der Waals surface area contributed by atoms with Gasteiger partial charge in [-0.15, -0.1) is 0 Å². The zero-order valence-electron chi connectivity index (χ0n) is 16.4. The monoisotopic (exact) mass is 399 g/mol. The molecule has 0 bridgehead atoms. The molecule has 0 spiro atoms. The molecule has 1 amide bonds. The number of nitrogens with zero attached hydrogens (tertiary/aromatic N) is 3. The van der Waals surface area contributed by atoms with Crippen molar-refractivity contribution in [2.24, 2.45) is 5.92 Å². The number of rotatable bonds is 8. The van der Waals surface area contributed by atoms with Gasteiger partial charge in [0, 0.05) is 33.2 Å². The third-order valence-corrected chi connectivity index (χ3v) is 6.32. The summed E-state index contributed by atoms with van der Waals surface area (Å²) in [6.07, 6.45) is 3.12. The van der Waals surface area contributed by atoms with Crippen molar-refractivity contribution in [3.8, 4) is 0 Å². The number of likely N-dealkylation sites (N-methyl/N-ethyl adjacent to an activating group) is 1. The molecule has 152 valence electrons. The summed E-state index contributed by atoms with van der Waals surface area (Å²) in [5.41, 5.74) is 0.775. The molecule has 6 nitrogen and oxygen atoms in total. The van der Waals surface area contributed by atoms with Crippen molar-refractivity contribution in [1.82, 2.24) is 14.1 Å². The molecule has 8 heteroatoms. The lowest BCUT2D eigenvalue weighted by molar-refractivity contribution is -0.133. The lowest BCUT2D eigenvalue weighted by Gasteiger charge is -2.35. The highest BCUT2D eigenvalue weighted by atomic mass is 32.2. The normalized spacial score (nSPS) is 18.6. The molecular weight excluding hydrogens is 369 g/mol. The summed E-state index contributed by atoms with van der Waals surface area (Å²) < 4.78 is 38.0. The van der Waals surface area contributed by atoms with Gasteiger partial charge in [0.25, 0.3) is 0 Å². The second-order valence-electron chi connectivity index (χ2n) is 7.32. The van der Waals surface area contributed by atoms with E-state index in [0.29, 0.717) is 32.7 Å². The Morgan fingerprint density at radius 3 is 2.74 bits per heavy atom. The van der Waals surface area contributed by atoms with Gasteiger partial charge in [-0.3, -0.25) is 9.69 Å². The Hall–Kier alpha value is -1.51. The van der Waals surface area contributed by atoms with Gasteiger partial charge in [0.1, 0.15) is 5.82 Å². The summed E-state index contributed by atoms with van der Waals surface area (Å²) in [5.74, 6) is -0.0617. The summed E-state index contributed by atoms with van der Waals surface area (Å²) in [5, 5.41) is 0. The van der Waals surface area contributed by atoms with Crippen LogP contribution in [-0.2, 0) is 21.4 Å². The number of piperidine rings is 1. The Kier molecular flexibility index (Phi) is 7.76. The number of benzene rings is 1. The molecule has 0 saturated carbocycles. The van der Waals surface area contributed by atoms with Crippen molar-refractivity contribution in [3.05, 3.63) is 35.6 Å².